The van der Waals surface area contributed by atoms with Gasteiger partial charge in [-0.05, 0) is 76.6 Å². The van der Waals surface area contributed by atoms with Gasteiger partial charge in [0.25, 0.3) is 13.9 Å². The van der Waals surface area contributed by atoms with E-state index in [4.69, 9.17) is 21.1 Å². The summed E-state index contributed by atoms with van der Waals surface area (Å²) in [4.78, 5) is 57.3. The van der Waals surface area contributed by atoms with Gasteiger partial charge in [0.05, 0.1) is 21.8 Å². The minimum atomic E-state index is -3.58. The van der Waals surface area contributed by atoms with Gasteiger partial charge >= 0.3 is 5.69 Å². The lowest BCUT2D eigenvalue weighted by Gasteiger charge is -2.42. The van der Waals surface area contributed by atoms with Crippen LogP contribution in [0.5, 0.6) is 0 Å². The number of Topliss-reactive ketones (excluding diaryl/α,β-unsaturated/α-hetero) is 1. The van der Waals surface area contributed by atoms with Crippen molar-refractivity contribution in [3.8, 4) is 0 Å². The first-order chi connectivity index (χ1) is 24.7. The van der Waals surface area contributed by atoms with E-state index in [0.717, 1.165) is 24.3 Å². The van der Waals surface area contributed by atoms with E-state index in [9.17, 15) is 19.2 Å². The number of thiophene rings is 1. The summed E-state index contributed by atoms with van der Waals surface area (Å²) in [6.45, 7) is 10.1. The van der Waals surface area contributed by atoms with Crippen LogP contribution in [0.3, 0.4) is 0 Å². The number of fused-ring (bicyclic) bond motifs is 1. The van der Waals surface area contributed by atoms with Crippen LogP contribution in [0.25, 0.3) is 10.2 Å². The summed E-state index contributed by atoms with van der Waals surface area (Å²) in [6.07, 6.45) is 0.583. The molecule has 1 fully saturated rings. The summed E-state index contributed by atoms with van der Waals surface area (Å²) in [5, 5.41) is 1.47. The van der Waals surface area contributed by atoms with E-state index in [0.29, 0.717) is 46.9 Å². The van der Waals surface area contributed by atoms with E-state index < -0.39 is 36.2 Å². The minimum Gasteiger partial charge on any atom is -0.424 e. The molecule has 2 aromatic heterocycles. The maximum atomic E-state index is 14.8. The van der Waals surface area contributed by atoms with Gasteiger partial charge in [0.15, 0.2) is 5.78 Å². The highest BCUT2D eigenvalue weighted by atomic mass is 79.9. The summed E-state index contributed by atoms with van der Waals surface area (Å²) in [5.41, 5.74) is -1.32. The maximum absolute atomic E-state index is 14.8. The molecule has 1 atom stereocenters. The number of benzene rings is 3. The van der Waals surface area contributed by atoms with Crippen molar-refractivity contribution in [2.24, 2.45) is 0 Å². The Kier molecular flexibility index (Phi) is 11.3. The number of hydrogen-bond acceptors (Lipinski definition) is 7. The monoisotopic (exact) mass is 822 g/mol. The van der Waals surface area contributed by atoms with E-state index in [2.05, 4.69) is 15.9 Å². The molecule has 5 aromatic rings. The molecule has 12 heteroatoms. The van der Waals surface area contributed by atoms with Gasteiger partial charge in [-0.25, -0.2) is 9.36 Å². The van der Waals surface area contributed by atoms with Crippen LogP contribution in [0.2, 0.25) is 10.1 Å². The van der Waals surface area contributed by atoms with Crippen LogP contribution in [-0.4, -0.2) is 47.3 Å². The summed E-state index contributed by atoms with van der Waals surface area (Å²) in [5.74, 6) is -0.339. The first kappa shape index (κ1) is 38.6. The first-order valence-electron chi connectivity index (χ1n) is 17.5. The number of nitrogens with zero attached hydrogens (tertiary/aromatic N) is 2. The molecule has 0 amide bonds. The molecule has 0 aliphatic carbocycles. The Hall–Kier alpha value is -3.16. The second-order valence-corrected chi connectivity index (χ2v) is 21.3. The lowest BCUT2D eigenvalue weighted by Crippen LogP contribution is -2.66. The average Bonchev–Trinajstić information content (AvgIpc) is 3.43. The second kappa shape index (κ2) is 15.3. The zero-order chi connectivity index (χ0) is 37.4. The normalized spacial score (nSPS) is 15.2. The zero-order valence-electron chi connectivity index (χ0n) is 30.0. The van der Waals surface area contributed by atoms with E-state index in [-0.39, 0.29) is 24.9 Å². The number of halogens is 2. The van der Waals surface area contributed by atoms with Gasteiger partial charge in [-0.3, -0.25) is 14.2 Å². The molecule has 1 unspecified atom stereocenters. The van der Waals surface area contributed by atoms with Crippen LogP contribution in [0.15, 0.2) is 98.3 Å². The molecule has 0 spiro atoms. The topological polar surface area (TPSA) is 99.8 Å². The van der Waals surface area contributed by atoms with Gasteiger partial charge < -0.3 is 14.3 Å². The van der Waals surface area contributed by atoms with Gasteiger partial charge in [0.1, 0.15) is 16.5 Å². The minimum absolute atomic E-state index is 0.0630. The van der Waals surface area contributed by atoms with Crippen LogP contribution in [0.1, 0.15) is 64.2 Å². The van der Waals surface area contributed by atoms with Gasteiger partial charge in [-0.1, -0.05) is 104 Å². The number of rotatable bonds is 12. The maximum Gasteiger partial charge on any atom is 0.333 e. The number of aromatic nitrogens is 2. The molecule has 52 heavy (non-hydrogen) atoms. The largest absolute Gasteiger partial charge is 0.424 e. The third-order valence-electron chi connectivity index (χ3n) is 10.5. The predicted molar refractivity (Wildman–Crippen MR) is 215 cm³/mol. The third kappa shape index (κ3) is 7.09. The molecule has 1 saturated heterocycles. The van der Waals surface area contributed by atoms with Gasteiger partial charge in [-0.2, -0.15) is 0 Å². The lowest BCUT2D eigenvalue weighted by atomic mass is 9.91. The van der Waals surface area contributed by atoms with Crippen molar-refractivity contribution >= 4 is 73.6 Å². The van der Waals surface area contributed by atoms with Crippen LogP contribution in [0.4, 0.5) is 0 Å². The Morgan fingerprint density at radius 2 is 1.54 bits per heavy atom. The summed E-state index contributed by atoms with van der Waals surface area (Å²) in [7, 11) is -3.58. The van der Waals surface area contributed by atoms with Crippen molar-refractivity contribution in [2.75, 3.05) is 13.2 Å². The fraction of sp³-hybridized carbons (Fsp3) is 0.375. The number of carbonyl (C=O) groups excluding carboxylic acids is 1. The molecular formula is C40H44BrClN2O6SSi. The molecule has 274 valence electrons. The second-order valence-electron chi connectivity index (χ2n) is 14.7. The number of ether oxygens (including phenoxy) is 2. The molecule has 0 bridgehead atoms. The highest BCUT2D eigenvalue weighted by molar-refractivity contribution is 9.11. The van der Waals surface area contributed by atoms with Crippen molar-refractivity contribution in [3.63, 3.8) is 0 Å². The SMILES string of the molecule is Cc1c(Br)sc2c1c(=O)n(C(C)(C)C(=O)CC(C)(C)[Si](O)(c1ccccc1)c1ccccc1)c(=O)n2CC(OC1CCOCC1)c1ccccc1Cl. The number of hydrogen-bond donors (Lipinski definition) is 1. The number of ketones is 1. The Morgan fingerprint density at radius 1 is 0.981 bits per heavy atom. The lowest BCUT2D eigenvalue weighted by molar-refractivity contribution is -0.127. The Bertz CT molecular complexity index is 2160. The Morgan fingerprint density at radius 3 is 2.12 bits per heavy atom. The van der Waals surface area contributed by atoms with Crippen LogP contribution >= 0.6 is 38.9 Å². The van der Waals surface area contributed by atoms with Crippen LogP contribution in [0, 0.1) is 6.92 Å². The molecule has 3 aromatic carbocycles. The fourth-order valence-electron chi connectivity index (χ4n) is 7.31. The highest BCUT2D eigenvalue weighted by Crippen LogP contribution is 2.41. The molecule has 1 aliphatic rings. The molecule has 6 rings (SSSR count). The van der Waals surface area contributed by atoms with Crippen LogP contribution in [-0.2, 0) is 26.4 Å². The molecule has 3 heterocycles. The van der Waals surface area contributed by atoms with Crippen molar-refractivity contribution in [1.82, 2.24) is 9.13 Å². The van der Waals surface area contributed by atoms with Gasteiger partial charge in [0, 0.05) is 30.2 Å². The fourth-order valence-corrected chi connectivity index (χ4v) is 12.9. The Labute approximate surface area is 322 Å². The van der Waals surface area contributed by atoms with E-state index in [1.807, 2.05) is 99.6 Å². The van der Waals surface area contributed by atoms with Crippen molar-refractivity contribution in [2.45, 2.75) is 83.2 Å². The van der Waals surface area contributed by atoms with Crippen LogP contribution < -0.4 is 21.6 Å². The Balaban J connectivity index is 1.46. The van der Waals surface area contributed by atoms with Crippen molar-refractivity contribution in [1.29, 1.82) is 0 Å². The van der Waals surface area contributed by atoms with E-state index in [1.54, 1.807) is 24.5 Å². The summed E-state index contributed by atoms with van der Waals surface area (Å²) in [6, 6.07) is 26.4. The molecule has 0 radical (unpaired) electrons. The zero-order valence-corrected chi connectivity index (χ0v) is 34.2. The predicted octanol–water partition coefficient (Wildman–Crippen LogP) is 7.11. The smallest absolute Gasteiger partial charge is 0.333 e. The molecule has 0 saturated carbocycles. The van der Waals surface area contributed by atoms with Crippen molar-refractivity contribution in [3.05, 3.63) is 126 Å². The highest BCUT2D eigenvalue weighted by Gasteiger charge is 2.52. The summed E-state index contributed by atoms with van der Waals surface area (Å²) >= 11 is 11.6. The molecular weight excluding hydrogens is 780 g/mol. The quantitative estimate of drug-likeness (QED) is 0.135. The number of aryl methyl sites for hydroxylation is 1. The van der Waals surface area contributed by atoms with E-state index >= 15 is 0 Å². The molecule has 8 nitrogen and oxygen atoms in total. The van der Waals surface area contributed by atoms with Crippen molar-refractivity contribution < 1.29 is 19.1 Å². The van der Waals surface area contributed by atoms with Gasteiger partial charge in [0.2, 0.25) is 0 Å². The number of carbonyl (C=O) groups is 1. The summed E-state index contributed by atoms with van der Waals surface area (Å²) < 4.78 is 15.6. The first-order valence-corrected chi connectivity index (χ1v) is 21.4. The van der Waals surface area contributed by atoms with E-state index in [1.165, 1.54) is 11.3 Å². The molecule has 1 N–H and O–H groups in total. The average molecular weight is 824 g/mol. The third-order valence-corrected chi connectivity index (χ3v) is 17.5. The van der Waals surface area contributed by atoms with Gasteiger partial charge in [-0.15, -0.1) is 11.3 Å². The molecule has 1 aliphatic heterocycles. The standard InChI is InChI=1S/C40H44BrClN2O6SSi/c1-26-34-36(46)44(40(4,5)33(45)24-39(2,3)52(48,28-14-8-6-9-15-28)29-16-10-7-11-17-29)38(47)43(37(34)51-35(26)41)25-32(30-18-12-13-19-31(30)42)50-27-20-22-49-23-21-27/h6-19,27,32,48H,20-25H2,1-5H3.